The largest absolute Gasteiger partial charge is 0.508 e. The summed E-state index contributed by atoms with van der Waals surface area (Å²) >= 11 is 0. The molecular weight excluding hydrogens is 394 g/mol. The second-order valence-electron chi connectivity index (χ2n) is 6.45. The highest BCUT2D eigenvalue weighted by molar-refractivity contribution is 6.04. The topological polar surface area (TPSA) is 147 Å². The normalized spacial score (nSPS) is 11.6. The number of benzene rings is 2. The quantitative estimate of drug-likeness (QED) is 0.221. The van der Waals surface area contributed by atoms with Crippen LogP contribution in [0.5, 0.6) is 5.75 Å². The van der Waals surface area contributed by atoms with Gasteiger partial charge in [-0.2, -0.15) is 0 Å². The number of carboxylic acids is 2. The Hall–Kier alpha value is -4.14. The number of phenols is 1. The van der Waals surface area contributed by atoms with Crippen LogP contribution in [0.25, 0.3) is 11.0 Å². The van der Waals surface area contributed by atoms with E-state index >= 15 is 0 Å². The molecule has 1 heterocycles. The van der Waals surface area contributed by atoms with Crippen molar-refractivity contribution in [3.8, 4) is 5.75 Å². The maximum atomic E-state index is 11.9. The molecule has 0 aliphatic rings. The van der Waals surface area contributed by atoms with Crippen molar-refractivity contribution in [2.75, 3.05) is 0 Å². The van der Waals surface area contributed by atoms with Gasteiger partial charge >= 0.3 is 17.6 Å². The second-order valence-corrected chi connectivity index (χ2v) is 6.45. The summed E-state index contributed by atoms with van der Waals surface area (Å²) in [4.78, 5) is 38.7. The van der Waals surface area contributed by atoms with E-state index in [2.05, 4.69) is 4.99 Å². The number of aliphatic carboxylic acids is 2. The number of aliphatic imine (C=N–C) groups is 1. The Morgan fingerprint density at radius 3 is 2.43 bits per heavy atom. The third-order valence-electron chi connectivity index (χ3n) is 4.41. The van der Waals surface area contributed by atoms with Crippen molar-refractivity contribution in [2.45, 2.75) is 18.6 Å². The van der Waals surface area contributed by atoms with Gasteiger partial charge in [-0.05, 0) is 23.3 Å². The SMILES string of the molecule is O=C(O)C(Cc1cc2ccc(=O)oc2cc1O)(/N=C/OCc1ccccc1)C(=O)O. The van der Waals surface area contributed by atoms with Crippen molar-refractivity contribution >= 4 is 29.3 Å². The van der Waals surface area contributed by atoms with E-state index in [9.17, 15) is 29.7 Å². The summed E-state index contributed by atoms with van der Waals surface area (Å²) in [5.41, 5.74) is -2.39. The number of carbonyl (C=O) groups is 2. The zero-order chi connectivity index (χ0) is 21.7. The lowest BCUT2D eigenvalue weighted by Gasteiger charge is -2.21. The van der Waals surface area contributed by atoms with Crippen molar-refractivity contribution < 1.29 is 34.1 Å². The number of hydrogen-bond acceptors (Lipinski definition) is 7. The van der Waals surface area contributed by atoms with Crippen LogP contribution in [-0.4, -0.2) is 39.2 Å². The summed E-state index contributed by atoms with van der Waals surface area (Å²) < 4.78 is 10.1. The first-order valence-corrected chi connectivity index (χ1v) is 8.73. The van der Waals surface area contributed by atoms with Crippen molar-refractivity contribution in [1.82, 2.24) is 0 Å². The molecule has 30 heavy (non-hydrogen) atoms. The highest BCUT2D eigenvalue weighted by Crippen LogP contribution is 2.29. The van der Waals surface area contributed by atoms with Crippen molar-refractivity contribution in [3.63, 3.8) is 0 Å². The van der Waals surface area contributed by atoms with Gasteiger partial charge in [0.2, 0.25) is 0 Å². The lowest BCUT2D eigenvalue weighted by Crippen LogP contribution is -2.47. The standard InChI is InChI=1S/C21H17NO8/c23-16-9-17-14(6-7-18(24)30-17)8-15(16)10-21(19(25)26,20(27)28)22-12-29-11-13-4-2-1-3-5-13/h1-9,12,23H,10-11H2,(H,25,26)(H,27,28)/b22-12+. The number of rotatable bonds is 8. The van der Waals surface area contributed by atoms with Gasteiger partial charge in [0.05, 0.1) is 0 Å². The van der Waals surface area contributed by atoms with E-state index < -0.39 is 35.3 Å². The maximum absolute atomic E-state index is 11.9. The van der Waals surface area contributed by atoms with E-state index in [0.717, 1.165) is 24.1 Å². The number of hydrogen-bond donors (Lipinski definition) is 3. The molecule has 0 unspecified atom stereocenters. The van der Waals surface area contributed by atoms with Gasteiger partial charge in [0.1, 0.15) is 17.9 Å². The summed E-state index contributed by atoms with van der Waals surface area (Å²) in [6, 6.07) is 14.0. The molecule has 0 aliphatic carbocycles. The van der Waals surface area contributed by atoms with E-state index in [-0.39, 0.29) is 17.8 Å². The summed E-state index contributed by atoms with van der Waals surface area (Å²) in [6.07, 6.45) is 0.121. The highest BCUT2D eigenvalue weighted by atomic mass is 16.5. The molecule has 0 bridgehead atoms. The molecule has 0 radical (unpaired) electrons. The van der Waals surface area contributed by atoms with Gasteiger partial charge in [-0.1, -0.05) is 30.3 Å². The van der Waals surface area contributed by atoms with Gasteiger partial charge in [-0.15, -0.1) is 0 Å². The fraction of sp³-hybridized carbons (Fsp3) is 0.143. The van der Waals surface area contributed by atoms with Crippen LogP contribution in [-0.2, 0) is 27.4 Å². The van der Waals surface area contributed by atoms with Crippen LogP contribution < -0.4 is 5.63 Å². The fourth-order valence-electron chi connectivity index (χ4n) is 2.80. The first kappa shape index (κ1) is 20.6. The van der Waals surface area contributed by atoms with Gasteiger partial charge in [0, 0.05) is 23.9 Å². The second kappa shape index (κ2) is 8.48. The monoisotopic (exact) mass is 411 g/mol. The third-order valence-corrected chi connectivity index (χ3v) is 4.41. The molecule has 154 valence electrons. The van der Waals surface area contributed by atoms with E-state index in [0.29, 0.717) is 5.39 Å². The third kappa shape index (κ3) is 4.30. The lowest BCUT2D eigenvalue weighted by molar-refractivity contribution is -0.156. The molecule has 0 aliphatic heterocycles. The summed E-state index contributed by atoms with van der Waals surface area (Å²) in [7, 11) is 0. The van der Waals surface area contributed by atoms with Gasteiger partial charge in [0.15, 0.2) is 6.40 Å². The summed E-state index contributed by atoms with van der Waals surface area (Å²) in [5.74, 6) is -3.88. The molecule has 1 aromatic heterocycles. The minimum atomic E-state index is -2.63. The molecule has 9 nitrogen and oxygen atoms in total. The molecule has 3 N–H and O–H groups in total. The Kier molecular flexibility index (Phi) is 5.82. The van der Waals surface area contributed by atoms with Gasteiger partial charge < -0.3 is 24.5 Å². The van der Waals surface area contributed by atoms with Gasteiger partial charge in [0.25, 0.3) is 5.54 Å². The van der Waals surface area contributed by atoms with Crippen LogP contribution in [0.3, 0.4) is 0 Å². The van der Waals surface area contributed by atoms with Crippen LogP contribution in [0.15, 0.2) is 68.8 Å². The molecule has 3 aromatic rings. The Morgan fingerprint density at radius 1 is 1.07 bits per heavy atom. The Morgan fingerprint density at radius 2 is 1.77 bits per heavy atom. The molecule has 3 rings (SSSR count). The first-order valence-electron chi connectivity index (χ1n) is 8.73. The molecule has 0 atom stereocenters. The highest BCUT2D eigenvalue weighted by Gasteiger charge is 2.47. The smallest absolute Gasteiger partial charge is 0.343 e. The number of nitrogens with zero attached hydrogens (tertiary/aromatic N) is 1. The minimum Gasteiger partial charge on any atom is -0.508 e. The predicted octanol–water partition coefficient (Wildman–Crippen LogP) is 2.19. The van der Waals surface area contributed by atoms with E-state index in [1.54, 1.807) is 24.3 Å². The first-order chi connectivity index (χ1) is 14.3. The van der Waals surface area contributed by atoms with Crippen LogP contribution >= 0.6 is 0 Å². The average molecular weight is 411 g/mol. The number of phenolic OH excluding ortho intramolecular Hbond substituents is 1. The van der Waals surface area contributed by atoms with Crippen molar-refractivity contribution in [3.05, 3.63) is 76.1 Å². The van der Waals surface area contributed by atoms with Gasteiger partial charge in [-0.25, -0.2) is 19.4 Å². The van der Waals surface area contributed by atoms with E-state index in [4.69, 9.17) is 9.15 Å². The molecule has 0 amide bonds. The van der Waals surface area contributed by atoms with Gasteiger partial charge in [-0.3, -0.25) is 0 Å². The minimum absolute atomic E-state index is 0.00126. The Bertz CT molecular complexity index is 1150. The molecule has 9 heteroatoms. The molecule has 0 fully saturated rings. The lowest BCUT2D eigenvalue weighted by atomic mass is 9.90. The van der Waals surface area contributed by atoms with Crippen LogP contribution in [0, 0.1) is 0 Å². The zero-order valence-corrected chi connectivity index (χ0v) is 15.5. The fourth-order valence-corrected chi connectivity index (χ4v) is 2.80. The van der Waals surface area contributed by atoms with Crippen LogP contribution in [0.4, 0.5) is 0 Å². The molecule has 2 aromatic carbocycles. The van der Waals surface area contributed by atoms with Crippen molar-refractivity contribution in [2.24, 2.45) is 4.99 Å². The van der Waals surface area contributed by atoms with Crippen LogP contribution in [0.2, 0.25) is 0 Å². The molecular formula is C21H17NO8. The summed E-state index contributed by atoms with van der Waals surface area (Å²) in [5, 5.41) is 29.8. The molecule has 0 saturated heterocycles. The van der Waals surface area contributed by atoms with E-state index in [1.165, 1.54) is 12.1 Å². The number of ether oxygens (including phenoxy) is 1. The van der Waals surface area contributed by atoms with E-state index in [1.807, 2.05) is 6.07 Å². The summed E-state index contributed by atoms with van der Waals surface area (Å²) in [6.45, 7) is 0.0694. The number of carboxylic acid groups (broad SMARTS) is 2. The predicted molar refractivity (Wildman–Crippen MR) is 106 cm³/mol. The number of fused-ring (bicyclic) bond motifs is 1. The average Bonchev–Trinajstić information content (AvgIpc) is 2.71. The molecule has 0 spiro atoms. The van der Waals surface area contributed by atoms with Crippen LogP contribution in [0.1, 0.15) is 11.1 Å². The maximum Gasteiger partial charge on any atom is 0.343 e. The molecule has 0 saturated carbocycles. The zero-order valence-electron chi connectivity index (χ0n) is 15.5. The Balaban J connectivity index is 1.91. The number of aromatic hydroxyl groups is 1. The Labute approximate surface area is 169 Å². The van der Waals surface area contributed by atoms with Crippen molar-refractivity contribution in [1.29, 1.82) is 0 Å².